The number of aryl methyl sites for hydroxylation is 1. The number of rotatable bonds is 11. The van der Waals surface area contributed by atoms with Crippen molar-refractivity contribution < 1.29 is 19.8 Å². The molecular weight excluding hydrogens is 648 g/mol. The largest absolute Gasteiger partial charge is 0.395 e. The zero-order valence-electron chi connectivity index (χ0n) is 25.6. The number of halogens is 1. The molecule has 3 heterocycles. The predicted octanol–water partition coefficient (Wildman–Crippen LogP) is 4.12. The summed E-state index contributed by atoms with van der Waals surface area (Å²) in [6.07, 6.45) is 6.28. The Kier molecular flexibility index (Phi) is 9.46. The van der Waals surface area contributed by atoms with Crippen LogP contribution in [0.4, 0.5) is 11.4 Å². The van der Waals surface area contributed by atoms with Crippen molar-refractivity contribution in [2.24, 2.45) is 5.92 Å². The fourth-order valence-electron chi connectivity index (χ4n) is 6.24. The molecule has 46 heavy (non-hydrogen) atoms. The van der Waals surface area contributed by atoms with Crippen LogP contribution in [0.15, 0.2) is 95.6 Å². The minimum absolute atomic E-state index is 0.0108. The number of nitrogens with one attached hydrogen (secondary N) is 1. The van der Waals surface area contributed by atoms with Crippen molar-refractivity contribution in [3.8, 4) is 0 Å². The fourth-order valence-corrected chi connectivity index (χ4v) is 6.61. The van der Waals surface area contributed by atoms with Gasteiger partial charge in [-0.05, 0) is 47.9 Å². The van der Waals surface area contributed by atoms with Gasteiger partial charge in [-0.2, -0.15) is 0 Å². The molecule has 2 aliphatic heterocycles. The number of hydrogen-bond donors (Lipinski definition) is 3. The van der Waals surface area contributed by atoms with E-state index in [-0.39, 0.29) is 25.0 Å². The van der Waals surface area contributed by atoms with Crippen molar-refractivity contribution in [3.05, 3.63) is 118 Å². The molecule has 6 rings (SSSR count). The Labute approximate surface area is 276 Å². The molecule has 3 N–H and O–H groups in total. The number of allylic oxidation sites excluding steroid dienone is 1. The highest BCUT2D eigenvalue weighted by Crippen LogP contribution is 2.47. The summed E-state index contributed by atoms with van der Waals surface area (Å²) in [5.41, 5.74) is 2.78. The lowest BCUT2D eigenvalue weighted by Gasteiger charge is -2.29. The summed E-state index contributed by atoms with van der Waals surface area (Å²) in [6.45, 7) is 4.19. The summed E-state index contributed by atoms with van der Waals surface area (Å²) in [5, 5.41) is 33.7. The molecule has 0 saturated carbocycles. The number of hydrogen-bond acceptors (Lipinski definition) is 7. The molecule has 0 aliphatic carbocycles. The summed E-state index contributed by atoms with van der Waals surface area (Å²) in [6, 6.07) is 22.9. The van der Waals surface area contributed by atoms with E-state index in [0.717, 1.165) is 27.8 Å². The zero-order chi connectivity index (χ0) is 32.3. The predicted molar refractivity (Wildman–Crippen MR) is 179 cm³/mol. The van der Waals surface area contributed by atoms with Gasteiger partial charge in [-0.3, -0.25) is 14.3 Å². The van der Waals surface area contributed by atoms with E-state index in [0.29, 0.717) is 43.0 Å². The van der Waals surface area contributed by atoms with Gasteiger partial charge in [-0.1, -0.05) is 82.7 Å². The Morgan fingerprint density at radius 2 is 1.91 bits per heavy atom. The highest BCUT2D eigenvalue weighted by atomic mass is 79.9. The number of carbonyl (C=O) groups excluding carboxylic acids is 2. The molecule has 1 saturated heterocycles. The second-order valence-electron chi connectivity index (χ2n) is 11.8. The third kappa shape index (κ3) is 6.28. The molecule has 0 radical (unpaired) electrons. The fraction of sp³-hybridized carbons (Fsp3) is 0.314. The van der Waals surface area contributed by atoms with E-state index in [9.17, 15) is 19.8 Å². The summed E-state index contributed by atoms with van der Waals surface area (Å²) in [7, 11) is 0. The van der Waals surface area contributed by atoms with Gasteiger partial charge in [0, 0.05) is 47.5 Å². The third-order valence-corrected chi connectivity index (χ3v) is 9.28. The van der Waals surface area contributed by atoms with E-state index in [1.165, 1.54) is 0 Å². The average Bonchev–Trinajstić information content (AvgIpc) is 3.61. The number of aromatic nitrogens is 3. The van der Waals surface area contributed by atoms with E-state index in [1.54, 1.807) is 14.5 Å². The van der Waals surface area contributed by atoms with E-state index in [1.807, 2.05) is 98.1 Å². The molecule has 1 fully saturated rings. The van der Waals surface area contributed by atoms with Gasteiger partial charge in [0.2, 0.25) is 5.91 Å². The topological polar surface area (TPSA) is 124 Å². The number of nitrogens with zero attached hydrogens (tertiary/aromatic N) is 5. The lowest BCUT2D eigenvalue weighted by molar-refractivity contribution is -0.139. The van der Waals surface area contributed by atoms with E-state index >= 15 is 0 Å². The molecule has 0 spiro atoms. The van der Waals surface area contributed by atoms with Gasteiger partial charge < -0.3 is 25.3 Å². The molecule has 2 amide bonds. The molecular formula is C35H37BrN6O4. The average molecular weight is 686 g/mol. The number of benzene rings is 3. The Morgan fingerprint density at radius 1 is 1.09 bits per heavy atom. The molecule has 2 aliphatic rings. The summed E-state index contributed by atoms with van der Waals surface area (Å²) in [4.78, 5) is 29.9. The molecule has 10 nitrogen and oxygen atoms in total. The molecule has 238 valence electrons. The second-order valence-corrected chi connectivity index (χ2v) is 12.7. The van der Waals surface area contributed by atoms with Crippen LogP contribution in [0.25, 0.3) is 0 Å². The first-order valence-electron chi connectivity index (χ1n) is 15.5. The molecule has 4 aromatic rings. The van der Waals surface area contributed by atoms with Crippen LogP contribution in [0.1, 0.15) is 41.6 Å². The number of amides is 2. The number of anilines is 2. The molecule has 1 aromatic heterocycles. The smallest absolute Gasteiger partial charge is 0.264 e. The van der Waals surface area contributed by atoms with Crippen LogP contribution >= 0.6 is 15.9 Å². The Hall–Kier alpha value is -4.16. The maximum absolute atomic E-state index is 14.1. The maximum Gasteiger partial charge on any atom is 0.264 e. The lowest BCUT2D eigenvalue weighted by atomic mass is 9.83. The van der Waals surface area contributed by atoms with Crippen molar-refractivity contribution in [1.82, 2.24) is 20.3 Å². The van der Waals surface area contributed by atoms with Crippen LogP contribution in [-0.4, -0.2) is 63.3 Å². The number of piperazine rings is 1. The van der Waals surface area contributed by atoms with Crippen LogP contribution < -0.4 is 15.1 Å². The second kappa shape index (κ2) is 13.7. The minimum atomic E-state index is -1.76. The monoisotopic (exact) mass is 684 g/mol. The first-order valence-corrected chi connectivity index (χ1v) is 16.3. The number of fused-ring (bicyclic) bond motifs is 1. The van der Waals surface area contributed by atoms with Gasteiger partial charge in [0.1, 0.15) is 0 Å². The normalized spacial score (nSPS) is 19.6. The van der Waals surface area contributed by atoms with Crippen molar-refractivity contribution in [2.45, 2.75) is 38.0 Å². The zero-order valence-corrected chi connectivity index (χ0v) is 27.2. The van der Waals surface area contributed by atoms with Crippen LogP contribution in [0, 0.1) is 5.92 Å². The lowest BCUT2D eigenvalue weighted by Crippen LogP contribution is -2.48. The van der Waals surface area contributed by atoms with Gasteiger partial charge in [0.25, 0.3) is 5.91 Å². The minimum Gasteiger partial charge on any atom is -0.395 e. The Morgan fingerprint density at radius 3 is 2.70 bits per heavy atom. The summed E-state index contributed by atoms with van der Waals surface area (Å²) < 4.78 is 2.51. The summed E-state index contributed by atoms with van der Waals surface area (Å²) >= 11 is 3.52. The van der Waals surface area contributed by atoms with E-state index in [2.05, 4.69) is 31.6 Å². The number of aliphatic hydroxyl groups excluding tert-OH is 1. The first kappa shape index (κ1) is 31.8. The van der Waals surface area contributed by atoms with Crippen LogP contribution in [0.2, 0.25) is 0 Å². The van der Waals surface area contributed by atoms with Crippen molar-refractivity contribution >= 4 is 39.1 Å². The van der Waals surface area contributed by atoms with E-state index in [4.69, 9.17) is 0 Å². The standard InChI is InChI=1S/C35H37BrN6O4/c1-24(8-5-6-16-40-22-31(38-39-40)29(23-43)26-10-3-2-4-11-26)35(46)30-19-27(36)13-14-32(30)42(34(35)45)21-25-9-7-12-28(18-25)41-17-15-37-20-33(41)44/h2-5,7-14,18-19,22,24,29,37,43,46H,6,15-17,20-21,23H2,1H3/b8-5+/t24-,29?,35+/m1/s1. The maximum atomic E-state index is 14.1. The van der Waals surface area contributed by atoms with Crippen LogP contribution in [0.3, 0.4) is 0 Å². The van der Waals surface area contributed by atoms with Gasteiger partial charge in [0.05, 0.1) is 37.0 Å². The SMILES string of the molecule is C[C@H](/C=C/CCn1cc(C(CO)c2ccccc2)nn1)[C@@]1(O)C(=O)N(Cc2cccc(N3CCNCC3=O)c2)c2ccc(Br)cc21. The third-order valence-electron chi connectivity index (χ3n) is 8.79. The molecule has 11 heteroatoms. The summed E-state index contributed by atoms with van der Waals surface area (Å²) in [5.74, 6) is -1.15. The Balaban J connectivity index is 1.16. The molecule has 3 aromatic carbocycles. The Bertz CT molecular complexity index is 1740. The van der Waals surface area contributed by atoms with Gasteiger partial charge in [-0.25, -0.2) is 0 Å². The molecule has 1 unspecified atom stereocenters. The highest BCUT2D eigenvalue weighted by Gasteiger charge is 2.52. The van der Waals surface area contributed by atoms with Gasteiger partial charge >= 0.3 is 0 Å². The number of aliphatic hydroxyl groups is 2. The number of carbonyl (C=O) groups is 2. The quantitative estimate of drug-likeness (QED) is 0.203. The van der Waals surface area contributed by atoms with Crippen molar-refractivity contribution in [3.63, 3.8) is 0 Å². The first-order chi connectivity index (χ1) is 22.3. The van der Waals surface area contributed by atoms with E-state index < -0.39 is 17.4 Å². The molecule has 0 bridgehead atoms. The van der Waals surface area contributed by atoms with Gasteiger partial charge in [0.15, 0.2) is 5.60 Å². The highest BCUT2D eigenvalue weighted by molar-refractivity contribution is 9.10. The van der Waals surface area contributed by atoms with Crippen LogP contribution in [0.5, 0.6) is 0 Å². The van der Waals surface area contributed by atoms with Crippen molar-refractivity contribution in [2.75, 3.05) is 36.0 Å². The van der Waals surface area contributed by atoms with Crippen LogP contribution in [-0.2, 0) is 28.3 Å². The molecule has 3 atom stereocenters. The van der Waals surface area contributed by atoms with Gasteiger partial charge in [-0.15, -0.1) is 5.10 Å². The van der Waals surface area contributed by atoms with Crippen molar-refractivity contribution in [1.29, 1.82) is 0 Å².